The maximum atomic E-state index is 13.4. The second kappa shape index (κ2) is 11.1. The van der Waals surface area contributed by atoms with E-state index in [1.807, 2.05) is 30.3 Å². The van der Waals surface area contributed by atoms with E-state index in [1.54, 1.807) is 0 Å². The second-order valence-corrected chi connectivity index (χ2v) is 9.36. The molecule has 0 unspecified atom stereocenters. The van der Waals surface area contributed by atoms with Gasteiger partial charge in [-0.15, -0.1) is 0 Å². The summed E-state index contributed by atoms with van der Waals surface area (Å²) in [4.78, 5) is 39.9. The van der Waals surface area contributed by atoms with Crippen LogP contribution in [0.3, 0.4) is 0 Å². The quantitative estimate of drug-likeness (QED) is 0.173. The van der Waals surface area contributed by atoms with Gasteiger partial charge < -0.3 is 5.32 Å². The third-order valence-electron chi connectivity index (χ3n) is 5.69. The highest BCUT2D eigenvalue weighted by Crippen LogP contribution is 2.34. The molecule has 1 aromatic heterocycles. The van der Waals surface area contributed by atoms with Crippen LogP contribution < -0.4 is 5.32 Å². The lowest BCUT2D eigenvalue weighted by atomic mass is 10.0. The van der Waals surface area contributed by atoms with Crippen LogP contribution in [0.5, 0.6) is 0 Å². The molecule has 3 aromatic carbocycles. The molecule has 0 aliphatic heterocycles. The van der Waals surface area contributed by atoms with E-state index < -0.39 is 28.6 Å². The molecular formula is C26H21F3N4O4S. The molecule has 4 rings (SSSR count). The minimum Gasteiger partial charge on any atom is -0.345 e. The smallest absolute Gasteiger partial charge is 0.345 e. The molecule has 0 bridgehead atoms. The van der Waals surface area contributed by atoms with E-state index in [4.69, 9.17) is 0 Å². The van der Waals surface area contributed by atoms with Crippen molar-refractivity contribution < 1.29 is 27.7 Å². The maximum absolute atomic E-state index is 13.4. The van der Waals surface area contributed by atoms with Gasteiger partial charge in [-0.1, -0.05) is 48.2 Å². The molecule has 1 amide bonds. The Morgan fingerprint density at radius 3 is 2.47 bits per heavy atom. The number of imidazole rings is 1. The van der Waals surface area contributed by atoms with Crippen LogP contribution in [-0.2, 0) is 22.2 Å². The average molecular weight is 543 g/mol. The van der Waals surface area contributed by atoms with Crippen LogP contribution in [0.4, 0.5) is 18.9 Å². The van der Waals surface area contributed by atoms with Gasteiger partial charge in [-0.3, -0.25) is 24.3 Å². The number of nitrogens with one attached hydrogen (secondary N) is 1. The fourth-order valence-corrected chi connectivity index (χ4v) is 4.68. The predicted molar refractivity (Wildman–Crippen MR) is 136 cm³/mol. The number of amides is 1. The summed E-state index contributed by atoms with van der Waals surface area (Å²) in [5, 5.41) is 14.1. The van der Waals surface area contributed by atoms with Gasteiger partial charge in [0.05, 0.1) is 33.3 Å². The van der Waals surface area contributed by atoms with E-state index in [-0.39, 0.29) is 33.6 Å². The third kappa shape index (κ3) is 6.20. The van der Waals surface area contributed by atoms with Crippen LogP contribution >= 0.6 is 11.8 Å². The van der Waals surface area contributed by atoms with Gasteiger partial charge in [0.1, 0.15) is 0 Å². The summed E-state index contributed by atoms with van der Waals surface area (Å²) < 4.78 is 41.5. The average Bonchev–Trinajstić information content (AvgIpc) is 3.25. The number of rotatable bonds is 9. The second-order valence-electron chi connectivity index (χ2n) is 8.42. The Morgan fingerprint density at radius 2 is 1.82 bits per heavy atom. The van der Waals surface area contributed by atoms with Gasteiger partial charge in [0.2, 0.25) is 5.91 Å². The molecule has 1 heterocycles. The first-order valence-corrected chi connectivity index (χ1v) is 12.3. The third-order valence-corrected chi connectivity index (χ3v) is 6.63. The van der Waals surface area contributed by atoms with Crippen LogP contribution in [0.1, 0.15) is 18.1 Å². The van der Waals surface area contributed by atoms with Gasteiger partial charge >= 0.3 is 6.18 Å². The number of ketones is 1. The van der Waals surface area contributed by atoms with Gasteiger partial charge in [0.15, 0.2) is 10.9 Å². The fraction of sp³-hybridized carbons (Fsp3) is 0.192. The molecule has 8 nitrogen and oxygen atoms in total. The molecule has 0 aliphatic carbocycles. The first-order chi connectivity index (χ1) is 18.0. The normalized spacial score (nSPS) is 12.3. The lowest BCUT2D eigenvalue weighted by molar-refractivity contribution is -0.384. The number of benzene rings is 3. The molecule has 0 aliphatic rings. The number of Topliss-reactive ketones (excluding diaryl/α,β-unsaturated/α-hetero) is 1. The number of carbonyl (C=O) groups excluding carboxylic acids is 2. The van der Waals surface area contributed by atoms with Crippen LogP contribution in [0.15, 0.2) is 78.0 Å². The number of halogens is 3. The molecule has 38 heavy (non-hydrogen) atoms. The number of hydrogen-bond donors (Lipinski definition) is 1. The van der Waals surface area contributed by atoms with E-state index in [2.05, 4.69) is 10.3 Å². The van der Waals surface area contributed by atoms with Crippen molar-refractivity contribution in [3.63, 3.8) is 0 Å². The standard InChI is InChI=1S/C26H21F3N4O4S/c1-16(34)21(12-17-6-3-2-4-7-17)30-24(35)15-38-25-31-22-14-20(33(36)37)10-11-23(22)32(25)19-9-5-8-18(13-19)26(27,28)29/h2-11,13-14,21H,12,15H2,1H3,(H,30,35)/t21-/m1/s1. The first-order valence-electron chi connectivity index (χ1n) is 11.3. The largest absolute Gasteiger partial charge is 0.416 e. The number of alkyl halides is 3. The molecule has 0 radical (unpaired) electrons. The number of aromatic nitrogens is 2. The Kier molecular flexibility index (Phi) is 7.81. The van der Waals surface area contributed by atoms with Crippen molar-refractivity contribution in [1.82, 2.24) is 14.9 Å². The van der Waals surface area contributed by atoms with Crippen LogP contribution in [0.2, 0.25) is 0 Å². The zero-order valence-electron chi connectivity index (χ0n) is 19.9. The van der Waals surface area contributed by atoms with Crippen molar-refractivity contribution >= 4 is 40.2 Å². The lowest BCUT2D eigenvalue weighted by Gasteiger charge is -2.16. The molecule has 0 saturated carbocycles. The van der Waals surface area contributed by atoms with E-state index in [0.29, 0.717) is 11.9 Å². The van der Waals surface area contributed by atoms with Crippen molar-refractivity contribution in [3.05, 3.63) is 94.0 Å². The predicted octanol–water partition coefficient (Wildman–Crippen LogP) is 5.36. The highest BCUT2D eigenvalue weighted by Gasteiger charge is 2.31. The van der Waals surface area contributed by atoms with E-state index in [0.717, 1.165) is 29.5 Å². The summed E-state index contributed by atoms with van der Waals surface area (Å²) in [5.41, 5.74) is 0.412. The number of nitro benzene ring substituents is 1. The molecule has 1 atom stereocenters. The summed E-state index contributed by atoms with van der Waals surface area (Å²) in [5.74, 6) is -0.890. The number of carbonyl (C=O) groups is 2. The Hall–Kier alpha value is -4.19. The molecule has 1 N–H and O–H groups in total. The number of nitro groups is 1. The number of nitrogens with zero attached hydrogens (tertiary/aromatic N) is 3. The van der Waals surface area contributed by atoms with E-state index in [9.17, 15) is 32.9 Å². The number of thioether (sulfide) groups is 1. The summed E-state index contributed by atoms with van der Waals surface area (Å²) in [6.45, 7) is 1.38. The van der Waals surface area contributed by atoms with E-state index >= 15 is 0 Å². The zero-order chi connectivity index (χ0) is 27.4. The van der Waals surface area contributed by atoms with Crippen molar-refractivity contribution in [2.24, 2.45) is 0 Å². The molecule has 0 spiro atoms. The van der Waals surface area contributed by atoms with Crippen molar-refractivity contribution in [3.8, 4) is 5.69 Å². The molecule has 0 fully saturated rings. The van der Waals surface area contributed by atoms with Gasteiger partial charge in [-0.2, -0.15) is 13.2 Å². The van der Waals surface area contributed by atoms with Gasteiger partial charge in [-0.05, 0) is 43.2 Å². The lowest BCUT2D eigenvalue weighted by Crippen LogP contribution is -2.42. The van der Waals surface area contributed by atoms with Gasteiger partial charge in [-0.25, -0.2) is 4.98 Å². The molecule has 196 valence electrons. The zero-order valence-corrected chi connectivity index (χ0v) is 20.8. The maximum Gasteiger partial charge on any atom is 0.416 e. The van der Waals surface area contributed by atoms with Crippen LogP contribution in [0, 0.1) is 10.1 Å². The highest BCUT2D eigenvalue weighted by molar-refractivity contribution is 7.99. The summed E-state index contributed by atoms with van der Waals surface area (Å²) >= 11 is 0.941. The summed E-state index contributed by atoms with van der Waals surface area (Å²) in [6, 6.07) is 16.8. The molecule has 4 aromatic rings. The minimum absolute atomic E-state index is 0.129. The minimum atomic E-state index is -4.58. The molecular weight excluding hydrogens is 521 g/mol. The van der Waals surface area contributed by atoms with Gasteiger partial charge in [0, 0.05) is 17.8 Å². The SMILES string of the molecule is CC(=O)[C@@H](Cc1ccccc1)NC(=O)CSc1nc2cc([N+](=O)[O-])ccc2n1-c1cccc(C(F)(F)F)c1. The van der Waals surface area contributed by atoms with Crippen molar-refractivity contribution in [1.29, 1.82) is 0 Å². The van der Waals surface area contributed by atoms with Crippen molar-refractivity contribution in [2.75, 3.05) is 5.75 Å². The fourth-order valence-electron chi connectivity index (χ4n) is 3.84. The van der Waals surface area contributed by atoms with Crippen LogP contribution in [-0.4, -0.2) is 38.0 Å². The Bertz CT molecular complexity index is 1510. The first kappa shape index (κ1) is 26.9. The molecule has 12 heteroatoms. The van der Waals surface area contributed by atoms with Crippen molar-refractivity contribution in [2.45, 2.75) is 30.7 Å². The van der Waals surface area contributed by atoms with E-state index in [1.165, 1.54) is 41.8 Å². The Morgan fingerprint density at radius 1 is 1.08 bits per heavy atom. The topological polar surface area (TPSA) is 107 Å². The highest BCUT2D eigenvalue weighted by atomic mass is 32.2. The number of hydrogen-bond acceptors (Lipinski definition) is 6. The monoisotopic (exact) mass is 542 g/mol. The summed E-state index contributed by atoms with van der Waals surface area (Å²) in [7, 11) is 0. The Labute approximate surface area is 219 Å². The molecule has 0 saturated heterocycles. The van der Waals surface area contributed by atoms with Gasteiger partial charge in [0.25, 0.3) is 5.69 Å². The number of non-ortho nitro benzene ring substituents is 1. The van der Waals surface area contributed by atoms with Crippen LogP contribution in [0.25, 0.3) is 16.7 Å². The number of fused-ring (bicyclic) bond motifs is 1. The summed E-state index contributed by atoms with van der Waals surface area (Å²) in [6.07, 6.45) is -4.28. The Balaban J connectivity index is 1.63.